The van der Waals surface area contributed by atoms with E-state index in [-0.39, 0.29) is 18.1 Å². The predicted molar refractivity (Wildman–Crippen MR) is 66.6 cm³/mol. The molecule has 4 nitrogen and oxygen atoms in total. The fourth-order valence-electron chi connectivity index (χ4n) is 1.78. The van der Waals surface area contributed by atoms with Crippen LogP contribution in [0.2, 0.25) is 0 Å². The number of allylic oxidation sites excluding steroid dienone is 1. The largest absolute Gasteiger partial charge is 0.493 e. The predicted octanol–water partition coefficient (Wildman–Crippen LogP) is 2.84. The number of hydrogen-bond acceptors (Lipinski definition) is 3. The number of rotatable bonds is 1. The molecule has 98 valence electrons. The average molecular weight is 241 g/mol. The van der Waals surface area contributed by atoms with E-state index in [1.807, 2.05) is 34.6 Å². The molecule has 3 unspecified atom stereocenters. The zero-order valence-electron chi connectivity index (χ0n) is 11.4. The standard InChI is InChI=1S/C13H23NO3/c1-8-7-11(10(3)16-9(8)2)14-12(15)17-13(4,5)6/h8,10-11H,2,7H2,1,3-6H3,(H,14,15). The molecule has 0 radical (unpaired) electrons. The maximum atomic E-state index is 11.6. The van der Waals surface area contributed by atoms with Crippen molar-refractivity contribution in [1.29, 1.82) is 0 Å². The van der Waals surface area contributed by atoms with Crippen molar-refractivity contribution in [3.8, 4) is 0 Å². The molecule has 1 fully saturated rings. The van der Waals surface area contributed by atoms with E-state index in [4.69, 9.17) is 9.47 Å². The number of ether oxygens (including phenoxy) is 2. The number of nitrogens with one attached hydrogen (secondary N) is 1. The van der Waals surface area contributed by atoms with Gasteiger partial charge in [-0.1, -0.05) is 13.5 Å². The lowest BCUT2D eigenvalue weighted by Crippen LogP contribution is -2.48. The normalized spacial score (nSPS) is 29.5. The van der Waals surface area contributed by atoms with E-state index in [2.05, 4.69) is 11.9 Å². The molecule has 1 aliphatic heterocycles. The van der Waals surface area contributed by atoms with Crippen LogP contribution in [0.4, 0.5) is 4.79 Å². The zero-order chi connectivity index (χ0) is 13.2. The van der Waals surface area contributed by atoms with Gasteiger partial charge in [-0.05, 0) is 34.1 Å². The molecule has 1 aliphatic rings. The Bertz CT molecular complexity index is 306. The highest BCUT2D eigenvalue weighted by atomic mass is 16.6. The van der Waals surface area contributed by atoms with E-state index in [9.17, 15) is 4.79 Å². The summed E-state index contributed by atoms with van der Waals surface area (Å²) in [4.78, 5) is 11.6. The van der Waals surface area contributed by atoms with Crippen LogP contribution in [0.5, 0.6) is 0 Å². The van der Waals surface area contributed by atoms with Crippen LogP contribution in [0, 0.1) is 5.92 Å². The van der Waals surface area contributed by atoms with Gasteiger partial charge in [0, 0.05) is 5.92 Å². The lowest BCUT2D eigenvalue weighted by molar-refractivity contribution is 0.0161. The van der Waals surface area contributed by atoms with Crippen molar-refractivity contribution in [2.24, 2.45) is 5.92 Å². The minimum Gasteiger partial charge on any atom is -0.493 e. The monoisotopic (exact) mass is 241 g/mol. The van der Waals surface area contributed by atoms with Gasteiger partial charge in [0.15, 0.2) is 0 Å². The Labute approximate surface area is 103 Å². The first kappa shape index (κ1) is 13.9. The lowest BCUT2D eigenvalue weighted by atomic mass is 9.94. The molecule has 1 N–H and O–H groups in total. The Hall–Kier alpha value is -1.19. The van der Waals surface area contributed by atoms with Gasteiger partial charge in [-0.3, -0.25) is 0 Å². The summed E-state index contributed by atoms with van der Waals surface area (Å²) in [6, 6.07) is -0.0228. The Morgan fingerprint density at radius 2 is 2.06 bits per heavy atom. The van der Waals surface area contributed by atoms with Gasteiger partial charge in [-0.25, -0.2) is 4.79 Å². The molecule has 1 rings (SSSR count). The van der Waals surface area contributed by atoms with Gasteiger partial charge >= 0.3 is 6.09 Å². The van der Waals surface area contributed by atoms with E-state index < -0.39 is 11.7 Å². The molecule has 4 heteroatoms. The third kappa shape index (κ3) is 4.29. The van der Waals surface area contributed by atoms with Crippen molar-refractivity contribution in [2.75, 3.05) is 0 Å². The van der Waals surface area contributed by atoms with E-state index in [0.717, 1.165) is 12.2 Å². The summed E-state index contributed by atoms with van der Waals surface area (Å²) in [6.07, 6.45) is 0.378. The Kier molecular flexibility index (Phi) is 4.07. The van der Waals surface area contributed by atoms with Crippen LogP contribution in [0.25, 0.3) is 0 Å². The Morgan fingerprint density at radius 3 is 2.59 bits per heavy atom. The molecule has 17 heavy (non-hydrogen) atoms. The van der Waals surface area contributed by atoms with E-state index in [1.54, 1.807) is 0 Å². The maximum Gasteiger partial charge on any atom is 0.408 e. The summed E-state index contributed by atoms with van der Waals surface area (Å²) < 4.78 is 10.8. The van der Waals surface area contributed by atoms with E-state index >= 15 is 0 Å². The first-order valence-corrected chi connectivity index (χ1v) is 6.04. The van der Waals surface area contributed by atoms with Crippen molar-refractivity contribution < 1.29 is 14.3 Å². The number of alkyl carbamates (subject to hydrolysis) is 1. The molecule has 1 saturated heterocycles. The fraction of sp³-hybridized carbons (Fsp3) is 0.769. The van der Waals surface area contributed by atoms with Crippen LogP contribution < -0.4 is 5.32 Å². The van der Waals surface area contributed by atoms with Crippen LogP contribution in [0.1, 0.15) is 41.0 Å². The minimum atomic E-state index is -0.474. The molecule has 0 aliphatic carbocycles. The topological polar surface area (TPSA) is 47.6 Å². The van der Waals surface area contributed by atoms with Gasteiger partial charge in [0.05, 0.1) is 11.8 Å². The summed E-state index contributed by atoms with van der Waals surface area (Å²) in [6.45, 7) is 13.4. The second-order valence-electron chi connectivity index (χ2n) is 5.68. The number of hydrogen-bond donors (Lipinski definition) is 1. The lowest BCUT2D eigenvalue weighted by Gasteiger charge is -2.35. The number of carbonyl (C=O) groups is 1. The molecule has 0 spiro atoms. The van der Waals surface area contributed by atoms with Gasteiger partial charge in [0.25, 0.3) is 0 Å². The van der Waals surface area contributed by atoms with Gasteiger partial charge in [-0.15, -0.1) is 0 Å². The van der Waals surface area contributed by atoms with E-state index in [0.29, 0.717) is 0 Å². The van der Waals surface area contributed by atoms with Crippen LogP contribution >= 0.6 is 0 Å². The molecule has 0 aromatic rings. The van der Waals surface area contributed by atoms with Crippen molar-refractivity contribution in [2.45, 2.75) is 58.8 Å². The minimum absolute atomic E-state index is 0.0228. The molecule has 0 aromatic heterocycles. The van der Waals surface area contributed by atoms with Crippen LogP contribution in [0.15, 0.2) is 12.3 Å². The summed E-state index contributed by atoms with van der Waals surface area (Å²) in [5, 5.41) is 2.85. The van der Waals surface area contributed by atoms with E-state index in [1.165, 1.54) is 0 Å². The first-order chi connectivity index (χ1) is 7.69. The Morgan fingerprint density at radius 1 is 1.47 bits per heavy atom. The van der Waals surface area contributed by atoms with Crippen LogP contribution in [0.3, 0.4) is 0 Å². The summed E-state index contributed by atoms with van der Waals surface area (Å²) in [5.41, 5.74) is -0.474. The molecular formula is C13H23NO3. The molecule has 1 amide bonds. The highest BCUT2D eigenvalue weighted by Gasteiger charge is 2.31. The van der Waals surface area contributed by atoms with Crippen molar-refractivity contribution in [3.63, 3.8) is 0 Å². The van der Waals surface area contributed by atoms with Crippen molar-refractivity contribution in [1.82, 2.24) is 5.32 Å². The first-order valence-electron chi connectivity index (χ1n) is 6.04. The molecule has 0 saturated carbocycles. The van der Waals surface area contributed by atoms with Gasteiger partial charge < -0.3 is 14.8 Å². The van der Waals surface area contributed by atoms with Crippen molar-refractivity contribution >= 4 is 6.09 Å². The summed E-state index contributed by atoms with van der Waals surface area (Å²) in [5.74, 6) is 1.05. The molecule has 1 heterocycles. The molecule has 0 aromatic carbocycles. The Balaban J connectivity index is 2.51. The fourth-order valence-corrected chi connectivity index (χ4v) is 1.78. The third-order valence-electron chi connectivity index (χ3n) is 2.76. The van der Waals surface area contributed by atoms with Gasteiger partial charge in [0.1, 0.15) is 11.7 Å². The number of amides is 1. The van der Waals surface area contributed by atoms with Crippen LogP contribution in [-0.2, 0) is 9.47 Å². The molecule has 0 bridgehead atoms. The summed E-state index contributed by atoms with van der Waals surface area (Å²) in [7, 11) is 0. The van der Waals surface area contributed by atoms with Crippen molar-refractivity contribution in [3.05, 3.63) is 12.3 Å². The second kappa shape index (κ2) is 4.98. The van der Waals surface area contributed by atoms with Crippen LogP contribution in [-0.4, -0.2) is 23.8 Å². The zero-order valence-corrected chi connectivity index (χ0v) is 11.4. The second-order valence-corrected chi connectivity index (χ2v) is 5.68. The average Bonchev–Trinajstić information content (AvgIpc) is 2.11. The molecule has 3 atom stereocenters. The summed E-state index contributed by atoms with van der Waals surface area (Å²) >= 11 is 0. The smallest absolute Gasteiger partial charge is 0.408 e. The highest BCUT2D eigenvalue weighted by Crippen LogP contribution is 2.26. The number of carbonyl (C=O) groups excluding carboxylic acids is 1. The van der Waals surface area contributed by atoms with Gasteiger partial charge in [0.2, 0.25) is 0 Å². The maximum absolute atomic E-state index is 11.6. The van der Waals surface area contributed by atoms with Gasteiger partial charge in [-0.2, -0.15) is 0 Å². The third-order valence-corrected chi connectivity index (χ3v) is 2.76. The quantitative estimate of drug-likeness (QED) is 0.768. The highest BCUT2D eigenvalue weighted by molar-refractivity contribution is 5.68. The molecular weight excluding hydrogens is 218 g/mol. The SMILES string of the molecule is C=C1OC(C)C(NC(=O)OC(C)(C)C)CC1C.